The van der Waals surface area contributed by atoms with Crippen LogP contribution in [0.4, 0.5) is 16.6 Å². The fourth-order valence-corrected chi connectivity index (χ4v) is 9.61. The van der Waals surface area contributed by atoms with Crippen molar-refractivity contribution in [2.24, 2.45) is 0 Å². The first-order valence-corrected chi connectivity index (χ1v) is 17.4. The molecule has 5 aromatic rings. The molecule has 1 aliphatic heterocycles. The van der Waals surface area contributed by atoms with Crippen molar-refractivity contribution in [1.82, 2.24) is 34.8 Å². The number of anilines is 3. The Morgan fingerprint density at radius 2 is 2.00 bits per heavy atom. The molecular formula is C34H39N11OS. The first-order valence-electron chi connectivity index (χ1n) is 16.5. The first-order chi connectivity index (χ1) is 22.8. The molecule has 47 heavy (non-hydrogen) atoms. The molecule has 3 aliphatic rings. The van der Waals surface area contributed by atoms with Gasteiger partial charge in [-0.2, -0.15) is 10.4 Å². The van der Waals surface area contributed by atoms with Crippen LogP contribution in [0, 0.1) is 11.3 Å². The van der Waals surface area contributed by atoms with E-state index in [0.29, 0.717) is 39.8 Å². The molecule has 0 amide bonds. The number of nitrogens with one attached hydrogen (secondary N) is 1. The molecule has 0 saturated carbocycles. The molecule has 242 valence electrons. The third-order valence-corrected chi connectivity index (χ3v) is 11.8. The summed E-state index contributed by atoms with van der Waals surface area (Å²) in [5.74, 6) is 2.44. The number of hydrogen-bond acceptors (Lipinski definition) is 12. The number of nitriles is 1. The van der Waals surface area contributed by atoms with Gasteiger partial charge in [0.2, 0.25) is 0 Å². The van der Waals surface area contributed by atoms with Crippen LogP contribution in [0.3, 0.4) is 0 Å². The van der Waals surface area contributed by atoms with Crippen molar-refractivity contribution in [3.8, 4) is 17.6 Å². The zero-order chi connectivity index (χ0) is 32.4. The molecule has 1 spiro atoms. The van der Waals surface area contributed by atoms with Crippen molar-refractivity contribution in [3.05, 3.63) is 57.4 Å². The third kappa shape index (κ3) is 4.60. The molecule has 1 saturated heterocycles. The summed E-state index contributed by atoms with van der Waals surface area (Å²) in [5, 5.41) is 24.7. The second-order valence-electron chi connectivity index (χ2n) is 13.4. The number of aryl methyl sites for hydroxylation is 1. The number of thiophene rings is 1. The Kier molecular flexibility index (Phi) is 7.18. The average molecular weight is 650 g/mol. The van der Waals surface area contributed by atoms with Gasteiger partial charge in [0.05, 0.1) is 34.6 Å². The van der Waals surface area contributed by atoms with E-state index >= 15 is 0 Å². The van der Waals surface area contributed by atoms with E-state index in [1.807, 2.05) is 29.9 Å². The van der Waals surface area contributed by atoms with Gasteiger partial charge < -0.3 is 26.2 Å². The number of likely N-dealkylation sites (tertiary alicyclic amines) is 1. The highest BCUT2D eigenvalue weighted by Gasteiger charge is 2.49. The van der Waals surface area contributed by atoms with Gasteiger partial charge in [0.1, 0.15) is 22.7 Å². The van der Waals surface area contributed by atoms with Crippen LogP contribution in [0.5, 0.6) is 0 Å². The van der Waals surface area contributed by atoms with E-state index in [1.165, 1.54) is 11.3 Å². The lowest BCUT2D eigenvalue weighted by Gasteiger charge is -2.39. The maximum absolute atomic E-state index is 10.1. The number of rotatable bonds is 6. The Bertz CT molecular complexity index is 2040. The maximum atomic E-state index is 10.1. The molecule has 13 heteroatoms. The summed E-state index contributed by atoms with van der Waals surface area (Å²) in [7, 11) is 2.18. The number of aromatic nitrogens is 6. The van der Waals surface area contributed by atoms with Crippen LogP contribution in [0.2, 0.25) is 0 Å². The smallest absolute Gasteiger partial charge is 0.186 e. The maximum Gasteiger partial charge on any atom is 0.186 e. The highest BCUT2D eigenvalue weighted by molar-refractivity contribution is 7.16. The SMILES string of the molecule is C[C@@H](Nc1nc(-c2noc3c2CCC[C@@]32CCCc3sc(N)c(C#N)c32)nc2c1cnn2[C@@H](C)[C@@H]1CCCN1C)c1cccnc1N. The summed E-state index contributed by atoms with van der Waals surface area (Å²) in [6, 6.07) is 6.55. The van der Waals surface area contributed by atoms with Crippen LogP contribution in [0.15, 0.2) is 29.0 Å². The normalized spacial score (nSPS) is 22.2. The van der Waals surface area contributed by atoms with Gasteiger partial charge in [-0.15, -0.1) is 11.3 Å². The lowest BCUT2D eigenvalue weighted by atomic mass is 9.63. The van der Waals surface area contributed by atoms with E-state index < -0.39 is 5.41 Å². The summed E-state index contributed by atoms with van der Waals surface area (Å²) in [6.45, 7) is 5.33. The number of nitrogens with zero attached hydrogens (tertiary/aromatic N) is 8. The molecule has 6 heterocycles. The number of nitrogens with two attached hydrogens (primary N) is 2. The monoisotopic (exact) mass is 649 g/mol. The molecule has 0 bridgehead atoms. The van der Waals surface area contributed by atoms with Gasteiger partial charge in [0.15, 0.2) is 22.9 Å². The van der Waals surface area contributed by atoms with Crippen LogP contribution >= 0.6 is 11.3 Å². The van der Waals surface area contributed by atoms with Crippen molar-refractivity contribution >= 4 is 39.0 Å². The number of pyridine rings is 1. The minimum absolute atomic E-state index is 0.102. The van der Waals surface area contributed by atoms with Crippen molar-refractivity contribution in [2.45, 2.75) is 88.8 Å². The molecular weight excluding hydrogens is 611 g/mol. The molecule has 0 radical (unpaired) electrons. The highest BCUT2D eigenvalue weighted by Crippen LogP contribution is 2.55. The van der Waals surface area contributed by atoms with Crippen molar-refractivity contribution in [2.75, 3.05) is 30.4 Å². The fourth-order valence-electron chi connectivity index (χ4n) is 8.44. The molecule has 8 rings (SSSR count). The van der Waals surface area contributed by atoms with Crippen molar-refractivity contribution < 1.29 is 4.52 Å². The predicted molar refractivity (Wildman–Crippen MR) is 182 cm³/mol. The van der Waals surface area contributed by atoms with Gasteiger partial charge in [-0.05, 0) is 90.4 Å². The zero-order valence-corrected chi connectivity index (χ0v) is 27.8. The highest BCUT2D eigenvalue weighted by atomic mass is 32.1. The van der Waals surface area contributed by atoms with Gasteiger partial charge in [-0.1, -0.05) is 11.2 Å². The van der Waals surface area contributed by atoms with Crippen molar-refractivity contribution in [1.29, 1.82) is 5.26 Å². The Morgan fingerprint density at radius 3 is 2.77 bits per heavy atom. The van der Waals surface area contributed by atoms with E-state index in [4.69, 9.17) is 36.2 Å². The molecule has 12 nitrogen and oxygen atoms in total. The van der Waals surface area contributed by atoms with Crippen LogP contribution in [0.1, 0.15) is 97.3 Å². The topological polar surface area (TPSA) is 174 Å². The minimum atomic E-state index is -0.424. The Morgan fingerprint density at radius 1 is 1.17 bits per heavy atom. The molecule has 4 atom stereocenters. The summed E-state index contributed by atoms with van der Waals surface area (Å²) in [6.07, 6.45) is 11.3. The van der Waals surface area contributed by atoms with Gasteiger partial charge in [-0.3, -0.25) is 0 Å². The predicted octanol–water partition coefficient (Wildman–Crippen LogP) is 5.76. The van der Waals surface area contributed by atoms with E-state index in [9.17, 15) is 5.26 Å². The summed E-state index contributed by atoms with van der Waals surface area (Å²) in [4.78, 5) is 18.2. The summed E-state index contributed by atoms with van der Waals surface area (Å²) < 4.78 is 8.36. The number of hydrogen-bond donors (Lipinski definition) is 3. The number of fused-ring (bicyclic) bond motifs is 5. The van der Waals surface area contributed by atoms with E-state index in [1.54, 1.807) is 17.5 Å². The Balaban J connectivity index is 1.28. The molecule has 5 aromatic heterocycles. The third-order valence-electron chi connectivity index (χ3n) is 10.7. The van der Waals surface area contributed by atoms with Crippen molar-refractivity contribution in [3.63, 3.8) is 0 Å². The lowest BCUT2D eigenvalue weighted by molar-refractivity contribution is 0.232. The van der Waals surface area contributed by atoms with Gasteiger partial charge in [0, 0.05) is 28.2 Å². The molecule has 1 fully saturated rings. The van der Waals surface area contributed by atoms with Crippen LogP contribution in [0.25, 0.3) is 22.6 Å². The molecule has 5 N–H and O–H groups in total. The molecule has 2 aliphatic carbocycles. The van der Waals surface area contributed by atoms with Crippen LogP contribution < -0.4 is 16.8 Å². The molecule has 0 unspecified atom stereocenters. The first kappa shape index (κ1) is 29.8. The Hall–Kier alpha value is -4.54. The second-order valence-corrected chi connectivity index (χ2v) is 14.5. The standard InChI is InChI=1S/C34H39N11OS/c1-18(20-9-6-14-38-29(20)36)40-31-23-17-39-45(19(2)24-10-7-15-44(24)3)33(23)42-32(41-31)27-21-8-4-12-34(28(21)46-43-27)13-5-11-25-26(34)22(16-35)30(37)47-25/h6,9,14,17-19,24H,4-5,7-8,10-13,15,37H2,1-3H3,(H2,36,38)(H,40,41,42)/t18-,19+,24+,34+/m1/s1. The largest absolute Gasteiger partial charge is 0.389 e. The van der Waals surface area contributed by atoms with E-state index in [-0.39, 0.29) is 12.1 Å². The number of likely N-dealkylation sites (N-methyl/N-ethyl adjacent to an activating group) is 1. The molecule has 0 aromatic carbocycles. The second kappa shape index (κ2) is 11.3. The quantitative estimate of drug-likeness (QED) is 0.204. The van der Waals surface area contributed by atoms with Gasteiger partial charge in [0.25, 0.3) is 0 Å². The average Bonchev–Trinajstić information content (AvgIpc) is 3.86. The summed E-state index contributed by atoms with van der Waals surface area (Å²) >= 11 is 1.54. The van der Waals surface area contributed by atoms with Crippen LogP contribution in [-0.4, -0.2) is 54.4 Å². The van der Waals surface area contributed by atoms with Crippen LogP contribution in [-0.2, 0) is 18.3 Å². The van der Waals surface area contributed by atoms with E-state index in [2.05, 4.69) is 35.2 Å². The fraction of sp³-hybridized carbons (Fsp3) is 0.471. The minimum Gasteiger partial charge on any atom is -0.389 e. The van der Waals surface area contributed by atoms with Gasteiger partial charge in [-0.25, -0.2) is 19.6 Å². The lowest BCUT2D eigenvalue weighted by Crippen LogP contribution is -2.35. The summed E-state index contributed by atoms with van der Waals surface area (Å²) in [5.41, 5.74) is 17.2. The Labute approximate surface area is 277 Å². The van der Waals surface area contributed by atoms with Gasteiger partial charge >= 0.3 is 0 Å². The van der Waals surface area contributed by atoms with E-state index in [0.717, 1.165) is 85.0 Å². The number of nitrogen functional groups attached to an aromatic ring is 2. The zero-order valence-electron chi connectivity index (χ0n) is 27.0.